The lowest BCUT2D eigenvalue weighted by Crippen LogP contribution is -2.32. The van der Waals surface area contributed by atoms with Crippen molar-refractivity contribution >= 4 is 33.8 Å². The molecule has 1 aliphatic heterocycles. The van der Waals surface area contributed by atoms with Crippen LogP contribution in [0.15, 0.2) is 85.1 Å². The summed E-state index contributed by atoms with van der Waals surface area (Å²) in [5.41, 5.74) is 2.03. The number of amides is 2. The van der Waals surface area contributed by atoms with E-state index in [2.05, 4.69) is 11.9 Å². The number of rotatable bonds is 7. The van der Waals surface area contributed by atoms with Gasteiger partial charge in [-0.15, -0.1) is 6.58 Å². The van der Waals surface area contributed by atoms with Gasteiger partial charge in [0.05, 0.1) is 11.7 Å². The Bertz CT molecular complexity index is 1190. The molecule has 156 valence electrons. The van der Waals surface area contributed by atoms with Crippen LogP contribution < -0.4 is 10.1 Å². The van der Waals surface area contributed by atoms with Gasteiger partial charge in [0.15, 0.2) is 0 Å². The quantitative estimate of drug-likeness (QED) is 0.438. The first-order valence-electron chi connectivity index (χ1n) is 10.2. The Labute approximate surface area is 181 Å². The van der Waals surface area contributed by atoms with E-state index in [1.54, 1.807) is 18.2 Å². The molecule has 0 aliphatic carbocycles. The number of ether oxygens (including phenoxy) is 1. The van der Waals surface area contributed by atoms with E-state index in [0.717, 1.165) is 16.5 Å². The van der Waals surface area contributed by atoms with Gasteiger partial charge in [0.25, 0.3) is 11.8 Å². The van der Waals surface area contributed by atoms with Gasteiger partial charge in [0, 0.05) is 17.6 Å². The number of imide groups is 1. The van der Waals surface area contributed by atoms with Crippen molar-refractivity contribution < 1.29 is 14.3 Å². The number of nitrogens with one attached hydrogen (secondary N) is 1. The maximum atomic E-state index is 13.2. The summed E-state index contributed by atoms with van der Waals surface area (Å²) in [6.07, 6.45) is 1.60. The first kappa shape index (κ1) is 20.4. The fourth-order valence-electron chi connectivity index (χ4n) is 3.70. The van der Waals surface area contributed by atoms with Crippen molar-refractivity contribution in [2.24, 2.45) is 0 Å². The molecule has 0 bridgehead atoms. The Kier molecular flexibility index (Phi) is 5.58. The third kappa shape index (κ3) is 3.94. The third-order valence-electron chi connectivity index (χ3n) is 5.04. The van der Waals surface area contributed by atoms with Crippen LogP contribution in [0.4, 0.5) is 5.69 Å². The minimum atomic E-state index is -0.365. The molecule has 5 heteroatoms. The molecular formula is C26H24N2O3. The predicted molar refractivity (Wildman–Crippen MR) is 124 cm³/mol. The molecule has 2 amide bonds. The van der Waals surface area contributed by atoms with Gasteiger partial charge in [-0.05, 0) is 43.0 Å². The lowest BCUT2D eigenvalue weighted by Gasteiger charge is -2.13. The topological polar surface area (TPSA) is 58.6 Å². The lowest BCUT2D eigenvalue weighted by molar-refractivity contribution is -0.136. The van der Waals surface area contributed by atoms with E-state index in [4.69, 9.17) is 4.74 Å². The second-order valence-electron chi connectivity index (χ2n) is 7.60. The molecule has 0 unspecified atom stereocenters. The zero-order valence-corrected chi connectivity index (χ0v) is 17.6. The number of anilines is 1. The third-order valence-corrected chi connectivity index (χ3v) is 5.04. The molecule has 0 aromatic heterocycles. The first-order chi connectivity index (χ1) is 15.0. The molecule has 1 aliphatic rings. The molecule has 3 aromatic carbocycles. The summed E-state index contributed by atoms with van der Waals surface area (Å²) in [7, 11) is 0. The average Bonchev–Trinajstić information content (AvgIpc) is 2.99. The summed E-state index contributed by atoms with van der Waals surface area (Å²) in [6, 6.07) is 21.0. The van der Waals surface area contributed by atoms with Crippen LogP contribution in [0.1, 0.15) is 19.4 Å². The number of carbonyl (C=O) groups is 2. The van der Waals surface area contributed by atoms with E-state index in [9.17, 15) is 9.59 Å². The van der Waals surface area contributed by atoms with Gasteiger partial charge in [-0.1, -0.05) is 54.6 Å². The smallest absolute Gasteiger partial charge is 0.278 e. The number of nitrogens with zero attached hydrogens (tertiary/aromatic N) is 1. The molecule has 4 rings (SSSR count). The summed E-state index contributed by atoms with van der Waals surface area (Å²) in [4.78, 5) is 27.5. The van der Waals surface area contributed by atoms with Crippen LogP contribution in [0, 0.1) is 0 Å². The van der Waals surface area contributed by atoms with Crippen molar-refractivity contribution in [1.82, 2.24) is 4.90 Å². The van der Waals surface area contributed by atoms with Gasteiger partial charge < -0.3 is 10.1 Å². The van der Waals surface area contributed by atoms with Crippen LogP contribution in [0.3, 0.4) is 0 Å². The van der Waals surface area contributed by atoms with Crippen molar-refractivity contribution in [2.75, 3.05) is 11.9 Å². The molecule has 0 spiro atoms. The second-order valence-corrected chi connectivity index (χ2v) is 7.60. The van der Waals surface area contributed by atoms with Gasteiger partial charge >= 0.3 is 0 Å². The number of hydrogen-bond donors (Lipinski definition) is 1. The Morgan fingerprint density at radius 3 is 2.39 bits per heavy atom. The molecule has 1 heterocycles. The fourth-order valence-corrected chi connectivity index (χ4v) is 3.70. The maximum absolute atomic E-state index is 13.2. The van der Waals surface area contributed by atoms with E-state index in [0.29, 0.717) is 16.9 Å². The summed E-state index contributed by atoms with van der Waals surface area (Å²) in [5.74, 6) is 0.00291. The van der Waals surface area contributed by atoms with Gasteiger partial charge in [-0.25, -0.2) is 0 Å². The molecule has 0 saturated carbocycles. The van der Waals surface area contributed by atoms with E-state index >= 15 is 0 Å². The lowest BCUT2D eigenvalue weighted by atomic mass is 10.0. The molecular weight excluding hydrogens is 388 g/mol. The van der Waals surface area contributed by atoms with Crippen LogP contribution >= 0.6 is 0 Å². The maximum Gasteiger partial charge on any atom is 0.278 e. The van der Waals surface area contributed by atoms with E-state index < -0.39 is 0 Å². The highest BCUT2D eigenvalue weighted by Crippen LogP contribution is 2.33. The number of benzene rings is 3. The van der Waals surface area contributed by atoms with Crippen LogP contribution in [0.25, 0.3) is 16.3 Å². The molecule has 31 heavy (non-hydrogen) atoms. The zero-order chi connectivity index (χ0) is 22.0. The van der Waals surface area contributed by atoms with Crippen molar-refractivity contribution in [3.63, 3.8) is 0 Å². The molecule has 0 atom stereocenters. The van der Waals surface area contributed by atoms with Crippen molar-refractivity contribution in [2.45, 2.75) is 20.0 Å². The van der Waals surface area contributed by atoms with Crippen molar-refractivity contribution in [3.05, 3.63) is 90.6 Å². The SMILES string of the molecule is C=CCN1C(=O)C(Nc2cccc3ccccc23)=C(c2ccc(OC(C)C)cc2)C1=O. The van der Waals surface area contributed by atoms with Crippen LogP contribution in [-0.2, 0) is 9.59 Å². The number of fused-ring (bicyclic) bond motifs is 1. The minimum Gasteiger partial charge on any atom is -0.491 e. The van der Waals surface area contributed by atoms with Crippen LogP contribution in [0.5, 0.6) is 5.75 Å². The van der Waals surface area contributed by atoms with E-state index in [-0.39, 0.29) is 30.2 Å². The summed E-state index contributed by atoms with van der Waals surface area (Å²) in [6.45, 7) is 7.73. The van der Waals surface area contributed by atoms with Gasteiger partial charge in [-0.3, -0.25) is 14.5 Å². The standard InChI is InChI=1S/C26H24N2O3/c1-4-16-28-25(29)23(19-12-14-20(15-13-19)31-17(2)3)24(26(28)30)27-22-11-7-9-18-8-5-6-10-21(18)22/h4-15,17,27H,1,16H2,2-3H3. The largest absolute Gasteiger partial charge is 0.491 e. The normalized spacial score (nSPS) is 14.0. The highest BCUT2D eigenvalue weighted by atomic mass is 16.5. The summed E-state index contributed by atoms with van der Waals surface area (Å²) >= 11 is 0. The molecule has 0 fully saturated rings. The van der Waals surface area contributed by atoms with E-state index in [1.165, 1.54) is 4.90 Å². The molecule has 0 saturated heterocycles. The molecule has 3 aromatic rings. The van der Waals surface area contributed by atoms with Crippen molar-refractivity contribution in [3.8, 4) is 5.75 Å². The monoisotopic (exact) mass is 412 g/mol. The Morgan fingerprint density at radius 1 is 0.968 bits per heavy atom. The Balaban J connectivity index is 1.79. The van der Waals surface area contributed by atoms with E-state index in [1.807, 2.05) is 68.4 Å². The van der Waals surface area contributed by atoms with Gasteiger partial charge in [0.2, 0.25) is 0 Å². The minimum absolute atomic E-state index is 0.0476. The summed E-state index contributed by atoms with van der Waals surface area (Å²) in [5, 5.41) is 5.27. The molecule has 5 nitrogen and oxygen atoms in total. The highest BCUT2D eigenvalue weighted by molar-refractivity contribution is 6.36. The fraction of sp³-hybridized carbons (Fsp3) is 0.154. The highest BCUT2D eigenvalue weighted by Gasteiger charge is 2.38. The Morgan fingerprint density at radius 2 is 1.68 bits per heavy atom. The summed E-state index contributed by atoms with van der Waals surface area (Å²) < 4.78 is 5.70. The Hall–Kier alpha value is -3.86. The van der Waals surface area contributed by atoms with Gasteiger partial charge in [-0.2, -0.15) is 0 Å². The van der Waals surface area contributed by atoms with Crippen molar-refractivity contribution in [1.29, 1.82) is 0 Å². The number of carbonyl (C=O) groups excluding carboxylic acids is 2. The first-order valence-corrected chi connectivity index (χ1v) is 10.2. The van der Waals surface area contributed by atoms with Crippen LogP contribution in [0.2, 0.25) is 0 Å². The zero-order valence-electron chi connectivity index (χ0n) is 17.6. The van der Waals surface area contributed by atoms with Crippen LogP contribution in [-0.4, -0.2) is 29.4 Å². The van der Waals surface area contributed by atoms with Gasteiger partial charge in [0.1, 0.15) is 11.4 Å². The number of hydrogen-bond acceptors (Lipinski definition) is 4. The molecule has 0 radical (unpaired) electrons. The average molecular weight is 412 g/mol. The second kappa shape index (κ2) is 8.48. The molecule has 1 N–H and O–H groups in total. The predicted octanol–water partition coefficient (Wildman–Crippen LogP) is 5.01.